The fourth-order valence-corrected chi connectivity index (χ4v) is 1.78. The molecule has 0 unspecified atom stereocenters. The quantitative estimate of drug-likeness (QED) is 0.678. The van der Waals surface area contributed by atoms with E-state index in [1.165, 1.54) is 18.3 Å². The Kier molecular flexibility index (Phi) is 5.25. The van der Waals surface area contributed by atoms with Gasteiger partial charge in [-0.3, -0.25) is 4.79 Å². The summed E-state index contributed by atoms with van der Waals surface area (Å²) in [6, 6.07) is 13.4. The van der Waals surface area contributed by atoms with Crippen molar-refractivity contribution in [2.75, 3.05) is 5.32 Å². The second kappa shape index (κ2) is 7.36. The first-order valence-corrected chi connectivity index (χ1v) is 6.87. The van der Waals surface area contributed by atoms with Gasteiger partial charge in [-0.25, -0.2) is 4.39 Å². The lowest BCUT2D eigenvalue weighted by molar-refractivity contribution is -0.126. The molecule has 114 valence electrons. The van der Waals surface area contributed by atoms with Crippen LogP contribution in [0.5, 0.6) is 0 Å². The van der Waals surface area contributed by atoms with Crippen molar-refractivity contribution >= 4 is 17.8 Å². The van der Waals surface area contributed by atoms with Crippen molar-refractivity contribution in [3.8, 4) is 0 Å². The Balaban J connectivity index is 1.89. The van der Waals surface area contributed by atoms with Crippen LogP contribution in [-0.2, 0) is 9.63 Å². The zero-order valence-corrected chi connectivity index (χ0v) is 12.4. The van der Waals surface area contributed by atoms with Gasteiger partial charge in [0.15, 0.2) is 0 Å². The van der Waals surface area contributed by atoms with E-state index >= 15 is 0 Å². The number of nitrogens with one attached hydrogen (secondary N) is 1. The van der Waals surface area contributed by atoms with Crippen molar-refractivity contribution < 1.29 is 14.0 Å². The summed E-state index contributed by atoms with van der Waals surface area (Å²) in [5.41, 5.74) is 2.32. The standard InChI is InChI=1S/C17H17FN2O2/c1-12-5-3-8-16(9-12)20-17(21)13(2)22-19-11-14-6-4-7-15(18)10-14/h3-11,13H,1-2H3,(H,20,21)/b19-11-/t13-/m1/s1. The van der Waals surface area contributed by atoms with Crippen molar-refractivity contribution in [1.29, 1.82) is 0 Å². The van der Waals surface area contributed by atoms with Crippen molar-refractivity contribution in [2.45, 2.75) is 20.0 Å². The van der Waals surface area contributed by atoms with Gasteiger partial charge in [-0.05, 0) is 49.2 Å². The molecule has 0 radical (unpaired) electrons. The average Bonchev–Trinajstić information content (AvgIpc) is 2.47. The van der Waals surface area contributed by atoms with Crippen LogP contribution < -0.4 is 5.32 Å². The summed E-state index contributed by atoms with van der Waals surface area (Å²) in [4.78, 5) is 17.0. The molecule has 2 aromatic carbocycles. The number of rotatable bonds is 5. The summed E-state index contributed by atoms with van der Waals surface area (Å²) in [6.45, 7) is 3.53. The van der Waals surface area contributed by atoms with Gasteiger partial charge in [0.2, 0.25) is 6.10 Å². The monoisotopic (exact) mass is 300 g/mol. The largest absolute Gasteiger partial charge is 0.383 e. The Labute approximate surface area is 128 Å². The maximum absolute atomic E-state index is 13.0. The number of aryl methyl sites for hydroxylation is 1. The van der Waals surface area contributed by atoms with E-state index < -0.39 is 6.10 Å². The third kappa shape index (κ3) is 4.70. The third-order valence-electron chi connectivity index (χ3n) is 2.92. The van der Waals surface area contributed by atoms with Gasteiger partial charge in [0.05, 0.1) is 6.21 Å². The summed E-state index contributed by atoms with van der Waals surface area (Å²) in [6.07, 6.45) is 0.602. The van der Waals surface area contributed by atoms with Crippen LogP contribution in [0.1, 0.15) is 18.1 Å². The first-order valence-electron chi connectivity index (χ1n) is 6.87. The molecular weight excluding hydrogens is 283 g/mol. The molecule has 0 heterocycles. The molecule has 0 aromatic heterocycles. The van der Waals surface area contributed by atoms with E-state index in [0.717, 1.165) is 5.56 Å². The Hall–Kier alpha value is -2.69. The van der Waals surface area contributed by atoms with Crippen molar-refractivity contribution in [1.82, 2.24) is 0 Å². The number of anilines is 1. The van der Waals surface area contributed by atoms with Gasteiger partial charge in [-0.2, -0.15) is 0 Å². The number of carbonyl (C=O) groups is 1. The molecule has 4 nitrogen and oxygen atoms in total. The lowest BCUT2D eigenvalue weighted by atomic mass is 10.2. The molecule has 1 atom stereocenters. The minimum atomic E-state index is -0.759. The summed E-state index contributed by atoms with van der Waals surface area (Å²) in [7, 11) is 0. The first-order chi connectivity index (χ1) is 10.5. The van der Waals surface area contributed by atoms with Crippen LogP contribution in [0.3, 0.4) is 0 Å². The van der Waals surface area contributed by atoms with Gasteiger partial charge < -0.3 is 10.2 Å². The highest BCUT2D eigenvalue weighted by molar-refractivity contribution is 5.94. The fourth-order valence-electron chi connectivity index (χ4n) is 1.78. The highest BCUT2D eigenvalue weighted by Crippen LogP contribution is 2.10. The van der Waals surface area contributed by atoms with Gasteiger partial charge in [0.25, 0.3) is 5.91 Å². The predicted molar refractivity (Wildman–Crippen MR) is 84.3 cm³/mol. The molecule has 0 aliphatic rings. The zero-order valence-electron chi connectivity index (χ0n) is 12.4. The van der Waals surface area contributed by atoms with Gasteiger partial charge in [0, 0.05) is 5.69 Å². The van der Waals surface area contributed by atoms with Crippen LogP contribution >= 0.6 is 0 Å². The zero-order chi connectivity index (χ0) is 15.9. The molecule has 0 bridgehead atoms. The van der Waals surface area contributed by atoms with Gasteiger partial charge in [-0.15, -0.1) is 0 Å². The first kappa shape index (κ1) is 15.7. The van der Waals surface area contributed by atoms with Crippen LogP contribution in [0.25, 0.3) is 0 Å². The van der Waals surface area contributed by atoms with E-state index in [1.54, 1.807) is 25.1 Å². The number of amides is 1. The van der Waals surface area contributed by atoms with E-state index in [9.17, 15) is 9.18 Å². The number of hydrogen-bond acceptors (Lipinski definition) is 3. The maximum Gasteiger partial charge on any atom is 0.267 e. The molecule has 0 aliphatic heterocycles. The Morgan fingerprint density at radius 1 is 1.27 bits per heavy atom. The number of benzene rings is 2. The molecule has 5 heteroatoms. The summed E-state index contributed by atoms with van der Waals surface area (Å²) in [5, 5.41) is 6.45. The Morgan fingerprint density at radius 3 is 2.77 bits per heavy atom. The molecule has 0 fully saturated rings. The maximum atomic E-state index is 13.0. The molecule has 1 N–H and O–H groups in total. The fraction of sp³-hybridized carbons (Fsp3) is 0.176. The molecule has 2 aromatic rings. The van der Waals surface area contributed by atoms with Crippen molar-refractivity contribution in [2.24, 2.45) is 5.16 Å². The third-order valence-corrected chi connectivity index (χ3v) is 2.92. The number of nitrogens with zero attached hydrogens (tertiary/aromatic N) is 1. The van der Waals surface area contributed by atoms with Gasteiger partial charge in [0.1, 0.15) is 5.82 Å². The second-order valence-corrected chi connectivity index (χ2v) is 4.90. The van der Waals surface area contributed by atoms with Crippen molar-refractivity contribution in [3.63, 3.8) is 0 Å². The summed E-state index contributed by atoms with van der Waals surface area (Å²) in [5.74, 6) is -0.656. The molecule has 2 rings (SSSR count). The summed E-state index contributed by atoms with van der Waals surface area (Å²) < 4.78 is 13.0. The highest BCUT2D eigenvalue weighted by atomic mass is 19.1. The smallest absolute Gasteiger partial charge is 0.267 e. The minimum Gasteiger partial charge on any atom is -0.383 e. The van der Waals surface area contributed by atoms with E-state index in [4.69, 9.17) is 4.84 Å². The highest BCUT2D eigenvalue weighted by Gasteiger charge is 2.14. The average molecular weight is 300 g/mol. The predicted octanol–water partition coefficient (Wildman–Crippen LogP) is 3.51. The van der Waals surface area contributed by atoms with Gasteiger partial charge >= 0.3 is 0 Å². The number of halogens is 1. The number of carbonyl (C=O) groups excluding carboxylic acids is 1. The molecule has 0 aliphatic carbocycles. The number of hydrogen-bond donors (Lipinski definition) is 1. The van der Waals surface area contributed by atoms with E-state index in [-0.39, 0.29) is 11.7 Å². The summed E-state index contributed by atoms with van der Waals surface area (Å²) >= 11 is 0. The van der Waals surface area contributed by atoms with Gasteiger partial charge in [-0.1, -0.05) is 29.4 Å². The van der Waals surface area contributed by atoms with Crippen LogP contribution in [0.4, 0.5) is 10.1 Å². The topological polar surface area (TPSA) is 50.7 Å². The van der Waals surface area contributed by atoms with E-state index in [2.05, 4.69) is 10.5 Å². The molecule has 22 heavy (non-hydrogen) atoms. The molecular formula is C17H17FN2O2. The normalized spacial score (nSPS) is 12.1. The van der Waals surface area contributed by atoms with Crippen molar-refractivity contribution in [3.05, 3.63) is 65.5 Å². The van der Waals surface area contributed by atoms with Crippen LogP contribution in [0.2, 0.25) is 0 Å². The van der Waals surface area contributed by atoms with E-state index in [0.29, 0.717) is 11.3 Å². The molecule has 0 saturated carbocycles. The lowest BCUT2D eigenvalue weighted by Gasteiger charge is -2.10. The molecule has 0 saturated heterocycles. The minimum absolute atomic E-state index is 0.304. The Bertz CT molecular complexity index is 686. The van der Waals surface area contributed by atoms with E-state index in [1.807, 2.05) is 25.1 Å². The second-order valence-electron chi connectivity index (χ2n) is 4.90. The molecule has 0 spiro atoms. The van der Waals surface area contributed by atoms with Crippen LogP contribution in [0, 0.1) is 12.7 Å². The van der Waals surface area contributed by atoms with Crippen LogP contribution in [-0.4, -0.2) is 18.2 Å². The SMILES string of the molecule is Cc1cccc(NC(=O)[C@@H](C)O/N=C\c2cccc(F)c2)c1. The molecule has 1 amide bonds. The van der Waals surface area contributed by atoms with Crippen LogP contribution in [0.15, 0.2) is 53.7 Å². The number of oxime groups is 1. The lowest BCUT2D eigenvalue weighted by Crippen LogP contribution is -2.26. The Morgan fingerprint density at radius 2 is 2.05 bits per heavy atom.